The average molecular weight is 239 g/mol. The molecule has 0 spiro atoms. The van der Waals surface area contributed by atoms with Crippen LogP contribution < -0.4 is 0 Å². The van der Waals surface area contributed by atoms with Crippen molar-refractivity contribution in [2.45, 2.75) is 45.7 Å². The van der Waals surface area contributed by atoms with Crippen molar-refractivity contribution >= 4 is 5.97 Å². The van der Waals surface area contributed by atoms with E-state index >= 15 is 0 Å². The fourth-order valence-corrected chi connectivity index (χ4v) is 1.66. The van der Waals surface area contributed by atoms with E-state index in [0.29, 0.717) is 5.76 Å². The highest BCUT2D eigenvalue weighted by atomic mass is 16.4. The van der Waals surface area contributed by atoms with Crippen molar-refractivity contribution in [3.63, 3.8) is 0 Å². The first kappa shape index (κ1) is 13.8. The molecule has 0 saturated heterocycles. The zero-order valence-electron chi connectivity index (χ0n) is 11.2. The first-order valence-corrected chi connectivity index (χ1v) is 5.85. The third-order valence-electron chi connectivity index (χ3n) is 3.65. The van der Waals surface area contributed by atoms with Crippen LogP contribution in [0.2, 0.25) is 0 Å². The molecule has 1 rings (SSSR count). The maximum atomic E-state index is 10.8. The van der Waals surface area contributed by atoms with Gasteiger partial charge in [0, 0.05) is 5.54 Å². The van der Waals surface area contributed by atoms with Crippen LogP contribution in [0.1, 0.15) is 56.5 Å². The Morgan fingerprint density at radius 2 is 2.12 bits per heavy atom. The lowest BCUT2D eigenvalue weighted by Gasteiger charge is -2.38. The number of carbonyl (C=O) groups is 1. The Balaban J connectivity index is 2.88. The van der Waals surface area contributed by atoms with Crippen molar-refractivity contribution < 1.29 is 14.3 Å². The maximum Gasteiger partial charge on any atom is 0.371 e. The number of hydrogen-bond donors (Lipinski definition) is 1. The number of rotatable bonds is 5. The van der Waals surface area contributed by atoms with Gasteiger partial charge in [0.25, 0.3) is 0 Å². The molecule has 1 unspecified atom stereocenters. The molecule has 0 radical (unpaired) electrons. The Morgan fingerprint density at radius 1 is 1.53 bits per heavy atom. The van der Waals surface area contributed by atoms with Gasteiger partial charge in [-0.05, 0) is 46.4 Å². The van der Waals surface area contributed by atoms with Crippen molar-refractivity contribution in [3.05, 3.63) is 23.7 Å². The van der Waals surface area contributed by atoms with Crippen LogP contribution >= 0.6 is 0 Å². The molecule has 0 aromatic carbocycles. The second kappa shape index (κ2) is 4.92. The van der Waals surface area contributed by atoms with Gasteiger partial charge in [-0.15, -0.1) is 0 Å². The number of hydrogen-bond acceptors (Lipinski definition) is 3. The van der Waals surface area contributed by atoms with Gasteiger partial charge in [-0.2, -0.15) is 0 Å². The molecule has 4 heteroatoms. The summed E-state index contributed by atoms with van der Waals surface area (Å²) in [4.78, 5) is 12.9. The van der Waals surface area contributed by atoms with Crippen LogP contribution in [0.4, 0.5) is 0 Å². The quantitative estimate of drug-likeness (QED) is 0.857. The zero-order chi connectivity index (χ0) is 13.2. The van der Waals surface area contributed by atoms with E-state index < -0.39 is 5.97 Å². The van der Waals surface area contributed by atoms with E-state index in [1.165, 1.54) is 6.07 Å². The van der Waals surface area contributed by atoms with Crippen LogP contribution in [0.25, 0.3) is 0 Å². The van der Waals surface area contributed by atoms with Gasteiger partial charge in [-0.25, -0.2) is 4.79 Å². The summed E-state index contributed by atoms with van der Waals surface area (Å²) in [5.74, 6) is -0.346. The van der Waals surface area contributed by atoms with E-state index in [4.69, 9.17) is 9.52 Å². The first-order valence-electron chi connectivity index (χ1n) is 5.85. The van der Waals surface area contributed by atoms with Crippen molar-refractivity contribution in [2.24, 2.45) is 0 Å². The summed E-state index contributed by atoms with van der Waals surface area (Å²) in [6, 6.07) is 3.29. The van der Waals surface area contributed by atoms with Crippen LogP contribution in [0.5, 0.6) is 0 Å². The molecule has 0 amide bonds. The van der Waals surface area contributed by atoms with Gasteiger partial charge in [-0.3, -0.25) is 4.90 Å². The standard InChI is InChI=1S/C13H21NO3/c1-6-13(3,4)14(5)9(2)10-7-8-11(17-10)12(15)16/h7-9H,6H2,1-5H3,(H,15,16). The lowest BCUT2D eigenvalue weighted by Crippen LogP contribution is -2.41. The Hall–Kier alpha value is -1.29. The minimum atomic E-state index is -1.03. The van der Waals surface area contributed by atoms with Crippen LogP contribution in [0, 0.1) is 0 Å². The lowest BCUT2D eigenvalue weighted by molar-refractivity contribution is 0.0644. The topological polar surface area (TPSA) is 53.7 Å². The van der Waals surface area contributed by atoms with E-state index in [0.717, 1.165) is 6.42 Å². The molecule has 0 bridgehead atoms. The zero-order valence-corrected chi connectivity index (χ0v) is 11.2. The van der Waals surface area contributed by atoms with Gasteiger partial charge in [0.1, 0.15) is 5.76 Å². The monoisotopic (exact) mass is 239 g/mol. The van der Waals surface area contributed by atoms with Gasteiger partial charge >= 0.3 is 5.97 Å². The number of nitrogens with zero attached hydrogens (tertiary/aromatic N) is 1. The van der Waals surface area contributed by atoms with Gasteiger partial charge in [0.15, 0.2) is 0 Å². The van der Waals surface area contributed by atoms with Crippen molar-refractivity contribution in [1.82, 2.24) is 4.90 Å². The van der Waals surface area contributed by atoms with E-state index in [-0.39, 0.29) is 17.3 Å². The molecule has 4 nitrogen and oxygen atoms in total. The second-order valence-electron chi connectivity index (χ2n) is 4.96. The number of carboxylic acid groups (broad SMARTS) is 1. The molecule has 1 aromatic heterocycles. The van der Waals surface area contributed by atoms with E-state index in [2.05, 4.69) is 25.7 Å². The summed E-state index contributed by atoms with van der Waals surface area (Å²) >= 11 is 0. The summed E-state index contributed by atoms with van der Waals surface area (Å²) in [6.07, 6.45) is 1.01. The summed E-state index contributed by atoms with van der Waals surface area (Å²) in [5, 5.41) is 8.82. The fraction of sp³-hybridized carbons (Fsp3) is 0.615. The predicted octanol–water partition coefficient (Wildman–Crippen LogP) is 3.16. The lowest BCUT2D eigenvalue weighted by atomic mass is 9.97. The molecule has 1 atom stereocenters. The molecule has 0 saturated carbocycles. The Morgan fingerprint density at radius 3 is 2.53 bits per heavy atom. The molecule has 96 valence electrons. The molecule has 1 heterocycles. The van der Waals surface area contributed by atoms with Crippen molar-refractivity contribution in [1.29, 1.82) is 0 Å². The fourth-order valence-electron chi connectivity index (χ4n) is 1.66. The SMILES string of the molecule is CCC(C)(C)N(C)C(C)c1ccc(C(=O)O)o1. The Labute approximate surface area is 102 Å². The molecule has 0 aliphatic rings. The predicted molar refractivity (Wildman–Crippen MR) is 66.2 cm³/mol. The highest BCUT2D eigenvalue weighted by Crippen LogP contribution is 2.29. The second-order valence-corrected chi connectivity index (χ2v) is 4.96. The highest BCUT2D eigenvalue weighted by molar-refractivity contribution is 5.84. The number of carboxylic acids is 1. The van der Waals surface area contributed by atoms with Gasteiger partial charge in [0.2, 0.25) is 5.76 Å². The normalized spacial score (nSPS) is 14.0. The highest BCUT2D eigenvalue weighted by Gasteiger charge is 2.28. The van der Waals surface area contributed by atoms with Gasteiger partial charge in [-0.1, -0.05) is 6.92 Å². The molecule has 0 aliphatic heterocycles. The minimum absolute atomic E-state index is 0.00504. The van der Waals surface area contributed by atoms with E-state index in [1.54, 1.807) is 6.07 Å². The summed E-state index contributed by atoms with van der Waals surface area (Å²) < 4.78 is 5.33. The Bertz CT molecular complexity index is 395. The van der Waals surface area contributed by atoms with E-state index in [9.17, 15) is 4.79 Å². The molecule has 1 aromatic rings. The van der Waals surface area contributed by atoms with Crippen molar-refractivity contribution in [3.8, 4) is 0 Å². The molecular weight excluding hydrogens is 218 g/mol. The van der Waals surface area contributed by atoms with Crippen LogP contribution in [-0.2, 0) is 0 Å². The summed E-state index contributed by atoms with van der Waals surface area (Å²) in [6.45, 7) is 8.46. The molecule has 0 fully saturated rings. The van der Waals surface area contributed by atoms with Crippen LogP contribution in [0.15, 0.2) is 16.5 Å². The third kappa shape index (κ3) is 2.88. The van der Waals surface area contributed by atoms with E-state index in [1.807, 2.05) is 14.0 Å². The van der Waals surface area contributed by atoms with Crippen molar-refractivity contribution in [2.75, 3.05) is 7.05 Å². The number of furan rings is 1. The van der Waals surface area contributed by atoms with Crippen LogP contribution in [-0.4, -0.2) is 28.6 Å². The van der Waals surface area contributed by atoms with Crippen LogP contribution in [0.3, 0.4) is 0 Å². The molecule has 0 aliphatic carbocycles. The molecular formula is C13H21NO3. The largest absolute Gasteiger partial charge is 0.475 e. The minimum Gasteiger partial charge on any atom is -0.475 e. The molecule has 1 N–H and O–H groups in total. The summed E-state index contributed by atoms with van der Waals surface area (Å²) in [7, 11) is 2.02. The summed E-state index contributed by atoms with van der Waals surface area (Å²) in [5.41, 5.74) is 0.0512. The molecule has 17 heavy (non-hydrogen) atoms. The first-order chi connectivity index (χ1) is 7.79. The average Bonchev–Trinajstić information content (AvgIpc) is 2.76. The van der Waals surface area contributed by atoms with Gasteiger partial charge in [0.05, 0.1) is 6.04 Å². The van der Waals surface area contributed by atoms with Gasteiger partial charge < -0.3 is 9.52 Å². The third-order valence-corrected chi connectivity index (χ3v) is 3.65. The smallest absolute Gasteiger partial charge is 0.371 e. The Kier molecular flexibility index (Phi) is 3.98. The number of aromatic carboxylic acids is 1. The maximum absolute atomic E-state index is 10.8.